The zero-order valence-electron chi connectivity index (χ0n) is 19.1. The minimum atomic E-state index is -2.33. The van der Waals surface area contributed by atoms with Gasteiger partial charge in [0.05, 0.1) is 36.7 Å². The molecule has 0 amide bonds. The van der Waals surface area contributed by atoms with E-state index in [0.717, 1.165) is 10.9 Å². The van der Waals surface area contributed by atoms with Crippen molar-refractivity contribution in [2.75, 3.05) is 44.3 Å². The van der Waals surface area contributed by atoms with Crippen molar-refractivity contribution in [3.8, 4) is 5.75 Å². The Kier molecular flexibility index (Phi) is 7.24. The second kappa shape index (κ2) is 10.2. The van der Waals surface area contributed by atoms with Crippen LogP contribution in [0, 0.1) is 12.7 Å². The quantitative estimate of drug-likeness (QED) is 0.501. The van der Waals surface area contributed by atoms with E-state index in [4.69, 9.17) is 14.2 Å². The van der Waals surface area contributed by atoms with Crippen LogP contribution in [0.25, 0.3) is 10.9 Å². The van der Waals surface area contributed by atoms with Gasteiger partial charge in [-0.15, -0.1) is 0 Å². The minimum absolute atomic E-state index is 0.0619. The zero-order chi connectivity index (χ0) is 24.3. The Balaban J connectivity index is 1.67. The van der Waals surface area contributed by atoms with Crippen LogP contribution in [0.15, 0.2) is 41.0 Å². The number of benzene rings is 2. The number of anilines is 2. The number of aromatic nitrogens is 2. The van der Waals surface area contributed by atoms with Gasteiger partial charge in [-0.2, -0.15) is 4.36 Å². The van der Waals surface area contributed by atoms with E-state index in [0.29, 0.717) is 22.7 Å². The number of halogens is 2. The molecule has 2 aromatic carbocycles. The van der Waals surface area contributed by atoms with Crippen molar-refractivity contribution in [3.05, 3.63) is 48.0 Å². The first kappa shape index (κ1) is 24.2. The van der Waals surface area contributed by atoms with Crippen molar-refractivity contribution in [3.63, 3.8) is 0 Å². The predicted molar refractivity (Wildman–Crippen MR) is 127 cm³/mol. The number of nitrogens with one attached hydrogen (secondary N) is 1. The molecule has 8 nitrogen and oxygen atoms in total. The summed E-state index contributed by atoms with van der Waals surface area (Å²) in [6.45, 7) is 1.72. The normalized spacial score (nSPS) is 18.3. The summed E-state index contributed by atoms with van der Waals surface area (Å²) in [6, 6.07) is 7.68. The summed E-state index contributed by atoms with van der Waals surface area (Å²) in [6.07, 6.45) is 3.57. The molecule has 182 valence electrons. The fourth-order valence-electron chi connectivity index (χ4n) is 3.74. The number of fused-ring (bicyclic) bond motifs is 1. The summed E-state index contributed by atoms with van der Waals surface area (Å²) in [5.41, 5.74) is 2.50. The molecule has 4 rings (SSSR count). The van der Waals surface area contributed by atoms with Crippen LogP contribution < -0.4 is 10.1 Å². The van der Waals surface area contributed by atoms with E-state index in [1.807, 2.05) is 13.0 Å². The van der Waals surface area contributed by atoms with Gasteiger partial charge < -0.3 is 19.5 Å². The second-order valence-electron chi connectivity index (χ2n) is 8.21. The van der Waals surface area contributed by atoms with Gasteiger partial charge in [-0.25, -0.2) is 23.0 Å². The largest absolute Gasteiger partial charge is 0.483 e. The van der Waals surface area contributed by atoms with Crippen LogP contribution in [-0.4, -0.2) is 65.4 Å². The molecule has 0 aliphatic carbocycles. The Bertz CT molecular complexity index is 1310. The fraction of sp³-hybridized carbons (Fsp3) is 0.391. The highest BCUT2D eigenvalue weighted by molar-refractivity contribution is 7.92. The Hall–Kier alpha value is -2.89. The smallest absolute Gasteiger partial charge is 0.150 e. The van der Waals surface area contributed by atoms with Gasteiger partial charge in [0, 0.05) is 33.7 Å². The molecule has 0 saturated carbocycles. The van der Waals surface area contributed by atoms with Gasteiger partial charge in [0.2, 0.25) is 0 Å². The van der Waals surface area contributed by atoms with Crippen LogP contribution in [0.4, 0.5) is 26.0 Å². The summed E-state index contributed by atoms with van der Waals surface area (Å²) in [5, 5.41) is 3.95. The first-order chi connectivity index (χ1) is 16.2. The maximum absolute atomic E-state index is 14.1. The summed E-state index contributed by atoms with van der Waals surface area (Å²) in [7, 11) is -2.33. The zero-order valence-corrected chi connectivity index (χ0v) is 19.9. The Morgan fingerprint density at radius 1 is 1.21 bits per heavy atom. The molecule has 0 bridgehead atoms. The predicted octanol–water partition coefficient (Wildman–Crippen LogP) is 4.31. The van der Waals surface area contributed by atoms with Gasteiger partial charge in [0.25, 0.3) is 0 Å². The van der Waals surface area contributed by atoms with Gasteiger partial charge in [-0.3, -0.25) is 0 Å². The Morgan fingerprint density at radius 2 is 2.00 bits per heavy atom. The lowest BCUT2D eigenvalue weighted by Gasteiger charge is -2.21. The molecule has 0 radical (unpaired) electrons. The first-order valence-electron chi connectivity index (χ1n) is 10.6. The molecule has 34 heavy (non-hydrogen) atoms. The molecule has 1 saturated heterocycles. The van der Waals surface area contributed by atoms with Gasteiger partial charge >= 0.3 is 0 Å². The van der Waals surface area contributed by atoms with Gasteiger partial charge in [-0.1, -0.05) is 0 Å². The lowest BCUT2D eigenvalue weighted by Crippen LogP contribution is -2.33. The summed E-state index contributed by atoms with van der Waals surface area (Å²) >= 11 is 0. The summed E-state index contributed by atoms with van der Waals surface area (Å²) in [5.74, 6) is 0.266. The highest BCUT2D eigenvalue weighted by Crippen LogP contribution is 2.34. The highest BCUT2D eigenvalue weighted by Gasteiger charge is 2.31. The topological polar surface area (TPSA) is 94.9 Å². The van der Waals surface area contributed by atoms with Crippen molar-refractivity contribution in [1.82, 2.24) is 9.97 Å². The Morgan fingerprint density at radius 3 is 2.76 bits per heavy atom. The number of hydrogen-bond donors (Lipinski definition) is 1. The monoisotopic (exact) mass is 492 g/mol. The first-order valence-corrected chi connectivity index (χ1v) is 13.0. The molecular weight excluding hydrogens is 466 g/mol. The van der Waals surface area contributed by atoms with Gasteiger partial charge in [-0.05, 0) is 36.8 Å². The molecule has 0 spiro atoms. The molecule has 11 heteroatoms. The van der Waals surface area contributed by atoms with Crippen molar-refractivity contribution >= 4 is 37.8 Å². The van der Waals surface area contributed by atoms with Crippen molar-refractivity contribution < 1.29 is 27.2 Å². The molecule has 1 fully saturated rings. The third kappa shape index (κ3) is 5.78. The van der Waals surface area contributed by atoms with E-state index in [1.54, 1.807) is 24.6 Å². The van der Waals surface area contributed by atoms with E-state index in [2.05, 4.69) is 19.6 Å². The van der Waals surface area contributed by atoms with E-state index in [-0.39, 0.29) is 25.6 Å². The van der Waals surface area contributed by atoms with E-state index in [9.17, 15) is 13.0 Å². The SMILES string of the molecule is Cc1cc(N=S(C)(C)=O)cc2ncnc(Nc3ccc(F)cc3OC3COCC3OCCF)c12. The maximum Gasteiger partial charge on any atom is 0.150 e. The average Bonchev–Trinajstić information content (AvgIpc) is 3.19. The fourth-order valence-corrected chi connectivity index (χ4v) is 4.35. The number of aryl methyl sites for hydroxylation is 1. The molecule has 2 heterocycles. The summed E-state index contributed by atoms with van der Waals surface area (Å²) < 4.78 is 59.9. The lowest BCUT2D eigenvalue weighted by atomic mass is 10.1. The second-order valence-corrected chi connectivity index (χ2v) is 10.8. The number of nitrogens with zero attached hydrogens (tertiary/aromatic N) is 3. The molecular formula is C23H26F2N4O4S. The van der Waals surface area contributed by atoms with E-state index in [1.165, 1.54) is 18.5 Å². The molecule has 1 aromatic heterocycles. The van der Waals surface area contributed by atoms with Crippen LogP contribution in [0.5, 0.6) is 5.75 Å². The molecule has 1 N–H and O–H groups in total. The standard InChI is InChI=1S/C23H26F2N4O4S/c1-14-8-16(29-34(2,3)30)10-18-22(14)23(27-13-26-18)28-17-5-4-15(25)9-19(17)33-21-12-31-11-20(21)32-7-6-24/h4-5,8-10,13,20-21H,6-7,11-12H2,1-3H3,(H,26,27,28). The molecule has 1 aliphatic heterocycles. The highest BCUT2D eigenvalue weighted by atomic mass is 32.2. The molecule has 1 aliphatic rings. The van der Waals surface area contributed by atoms with Crippen LogP contribution >= 0.6 is 0 Å². The third-order valence-corrected chi connectivity index (χ3v) is 5.76. The summed E-state index contributed by atoms with van der Waals surface area (Å²) in [4.78, 5) is 8.70. The van der Waals surface area contributed by atoms with Gasteiger partial charge in [0.15, 0.2) is 6.10 Å². The maximum atomic E-state index is 14.1. The molecule has 2 atom stereocenters. The minimum Gasteiger partial charge on any atom is -0.483 e. The van der Waals surface area contributed by atoms with Crippen LogP contribution in [0.1, 0.15) is 5.56 Å². The van der Waals surface area contributed by atoms with Gasteiger partial charge in [0.1, 0.15) is 36.5 Å². The Labute approximate surface area is 196 Å². The van der Waals surface area contributed by atoms with Crippen LogP contribution in [0.2, 0.25) is 0 Å². The van der Waals surface area contributed by atoms with Crippen LogP contribution in [0.3, 0.4) is 0 Å². The number of alkyl halides is 1. The number of ether oxygens (including phenoxy) is 3. The van der Waals surface area contributed by atoms with Crippen LogP contribution in [-0.2, 0) is 19.2 Å². The number of hydrogen-bond acceptors (Lipinski definition) is 8. The van der Waals surface area contributed by atoms with E-state index < -0.39 is 34.4 Å². The average molecular weight is 493 g/mol. The lowest BCUT2D eigenvalue weighted by molar-refractivity contribution is -0.00524. The number of rotatable bonds is 8. The molecule has 3 aromatic rings. The van der Waals surface area contributed by atoms with Crippen molar-refractivity contribution in [2.45, 2.75) is 19.1 Å². The van der Waals surface area contributed by atoms with Crippen molar-refractivity contribution in [1.29, 1.82) is 0 Å². The van der Waals surface area contributed by atoms with E-state index >= 15 is 0 Å². The molecule has 2 unspecified atom stereocenters. The van der Waals surface area contributed by atoms with Crippen molar-refractivity contribution in [2.24, 2.45) is 4.36 Å². The third-order valence-electron chi connectivity index (χ3n) is 5.11.